The van der Waals surface area contributed by atoms with E-state index in [4.69, 9.17) is 5.53 Å². The molecule has 0 aliphatic rings. The molecule has 0 aliphatic heterocycles. The Morgan fingerprint density at radius 3 is 1.82 bits per heavy atom. The Hall–Kier alpha value is -2.65. The average Bonchev–Trinajstić information content (AvgIpc) is 2.40. The van der Waals surface area contributed by atoms with Crippen LogP contribution in [0.25, 0.3) is 10.4 Å². The summed E-state index contributed by atoms with van der Waals surface area (Å²) in [6.07, 6.45) is 0. The number of azide groups is 1. The minimum absolute atomic E-state index is 0.561. The topological polar surface area (TPSA) is 73.5 Å². The highest BCUT2D eigenvalue weighted by atomic mass is 15.1. The predicted octanol–water partition coefficient (Wildman–Crippen LogP) is 5.04. The van der Waals surface area contributed by atoms with Crippen molar-refractivity contribution in [3.8, 4) is 0 Å². The number of benzene rings is 2. The summed E-state index contributed by atoms with van der Waals surface area (Å²) in [5.74, 6) is 0. The van der Waals surface area contributed by atoms with E-state index in [9.17, 15) is 0 Å². The van der Waals surface area contributed by atoms with Gasteiger partial charge in [-0.05, 0) is 29.8 Å². The highest BCUT2D eigenvalue weighted by molar-refractivity contribution is 5.47. The van der Waals surface area contributed by atoms with Crippen molar-refractivity contribution in [2.75, 3.05) is 0 Å². The van der Waals surface area contributed by atoms with Gasteiger partial charge in [0.25, 0.3) is 0 Å². The first-order valence-electron chi connectivity index (χ1n) is 5.00. The molecule has 0 atom stereocenters. The van der Waals surface area contributed by atoms with Crippen LogP contribution in [-0.2, 0) is 0 Å². The molecule has 0 aromatic heterocycles. The zero-order chi connectivity index (χ0) is 11.9. The normalized spacial score (nSPS) is 10.1. The van der Waals surface area contributed by atoms with Crippen LogP contribution in [0.3, 0.4) is 0 Å². The van der Waals surface area contributed by atoms with E-state index < -0.39 is 0 Å². The fraction of sp³-hybridized carbons (Fsp3) is 0. The van der Waals surface area contributed by atoms with Gasteiger partial charge in [0, 0.05) is 10.6 Å². The van der Waals surface area contributed by atoms with Crippen molar-refractivity contribution in [2.24, 2.45) is 15.3 Å². The summed E-state index contributed by atoms with van der Waals surface area (Å²) in [4.78, 5) is 2.70. The van der Waals surface area contributed by atoms with Crippen LogP contribution in [0.15, 0.2) is 69.9 Å². The van der Waals surface area contributed by atoms with Crippen LogP contribution >= 0.6 is 0 Å². The molecule has 17 heavy (non-hydrogen) atoms. The quantitative estimate of drug-likeness (QED) is 0.397. The molecule has 0 bridgehead atoms. The maximum Gasteiger partial charge on any atom is 0.0857 e. The van der Waals surface area contributed by atoms with Gasteiger partial charge in [0.15, 0.2) is 0 Å². The van der Waals surface area contributed by atoms with Gasteiger partial charge in [-0.15, -0.1) is 0 Å². The fourth-order valence-corrected chi connectivity index (χ4v) is 1.25. The molecule has 2 aromatic rings. The smallest absolute Gasteiger partial charge is 0.0857 e. The minimum atomic E-state index is 0.561. The second kappa shape index (κ2) is 5.44. The molecular weight excluding hydrogens is 214 g/mol. The molecule has 2 aromatic carbocycles. The molecule has 0 aliphatic carbocycles. The molecule has 0 saturated carbocycles. The number of azo groups is 1. The van der Waals surface area contributed by atoms with E-state index in [1.165, 1.54) is 0 Å². The lowest BCUT2D eigenvalue weighted by Crippen LogP contribution is -1.64. The molecule has 2 rings (SSSR count). The maximum absolute atomic E-state index is 8.26. The van der Waals surface area contributed by atoms with Crippen LogP contribution < -0.4 is 0 Å². The standard InChI is InChI=1S/C12H9N5/c13-17-16-12-8-6-11(7-9-12)15-14-10-4-2-1-3-5-10/h1-9H/b15-14+. The molecule has 5 nitrogen and oxygen atoms in total. The second-order valence-corrected chi connectivity index (χ2v) is 3.24. The van der Waals surface area contributed by atoms with Crippen LogP contribution in [0.2, 0.25) is 0 Å². The van der Waals surface area contributed by atoms with E-state index in [-0.39, 0.29) is 0 Å². The first-order chi connectivity index (χ1) is 8.38. The van der Waals surface area contributed by atoms with Gasteiger partial charge in [-0.2, -0.15) is 10.2 Å². The van der Waals surface area contributed by atoms with Gasteiger partial charge < -0.3 is 0 Å². The molecule has 0 spiro atoms. The van der Waals surface area contributed by atoms with Gasteiger partial charge in [0.05, 0.1) is 11.4 Å². The van der Waals surface area contributed by atoms with Gasteiger partial charge in [-0.25, -0.2) is 0 Å². The molecule has 0 amide bonds. The Balaban J connectivity index is 2.14. The number of nitrogens with zero attached hydrogens (tertiary/aromatic N) is 5. The Kier molecular flexibility index (Phi) is 3.47. The lowest BCUT2D eigenvalue weighted by atomic mass is 10.3. The van der Waals surface area contributed by atoms with Crippen molar-refractivity contribution in [3.63, 3.8) is 0 Å². The maximum atomic E-state index is 8.26. The van der Waals surface area contributed by atoms with Crippen LogP contribution in [0.1, 0.15) is 0 Å². The number of rotatable bonds is 3. The lowest BCUT2D eigenvalue weighted by Gasteiger charge is -1.93. The Labute approximate surface area is 98.1 Å². The van der Waals surface area contributed by atoms with Gasteiger partial charge in [0.2, 0.25) is 0 Å². The van der Waals surface area contributed by atoms with Crippen LogP contribution in [0, 0.1) is 0 Å². The third-order valence-electron chi connectivity index (χ3n) is 2.05. The van der Waals surface area contributed by atoms with E-state index in [2.05, 4.69) is 20.3 Å². The first-order valence-corrected chi connectivity index (χ1v) is 5.00. The van der Waals surface area contributed by atoms with Crippen LogP contribution in [-0.4, -0.2) is 0 Å². The highest BCUT2D eigenvalue weighted by Crippen LogP contribution is 2.21. The summed E-state index contributed by atoms with van der Waals surface area (Å²) in [6.45, 7) is 0. The number of hydrogen-bond acceptors (Lipinski definition) is 3. The summed E-state index contributed by atoms with van der Waals surface area (Å²) in [7, 11) is 0. The van der Waals surface area contributed by atoms with Crippen molar-refractivity contribution < 1.29 is 0 Å². The molecule has 0 saturated heterocycles. The summed E-state index contributed by atoms with van der Waals surface area (Å²) < 4.78 is 0. The molecule has 0 fully saturated rings. The SMILES string of the molecule is [N-]=[N+]=Nc1ccc(/N=N/c2ccccc2)cc1. The Morgan fingerprint density at radius 1 is 0.706 bits per heavy atom. The second-order valence-electron chi connectivity index (χ2n) is 3.24. The summed E-state index contributed by atoms with van der Waals surface area (Å²) in [5, 5.41) is 11.6. The van der Waals surface area contributed by atoms with Gasteiger partial charge in [0.1, 0.15) is 0 Å². The zero-order valence-corrected chi connectivity index (χ0v) is 8.93. The lowest BCUT2D eigenvalue weighted by molar-refractivity contribution is 1.23. The van der Waals surface area contributed by atoms with Crippen LogP contribution in [0.5, 0.6) is 0 Å². The Morgan fingerprint density at radius 2 is 1.24 bits per heavy atom. The van der Waals surface area contributed by atoms with E-state index >= 15 is 0 Å². The van der Waals surface area contributed by atoms with Crippen molar-refractivity contribution in [2.45, 2.75) is 0 Å². The zero-order valence-electron chi connectivity index (χ0n) is 8.93. The largest absolute Gasteiger partial charge is 0.151 e. The van der Waals surface area contributed by atoms with Crippen molar-refractivity contribution >= 4 is 17.1 Å². The monoisotopic (exact) mass is 223 g/mol. The minimum Gasteiger partial charge on any atom is -0.151 e. The van der Waals surface area contributed by atoms with E-state index in [0.29, 0.717) is 11.4 Å². The predicted molar refractivity (Wildman–Crippen MR) is 65.9 cm³/mol. The van der Waals surface area contributed by atoms with Crippen molar-refractivity contribution in [3.05, 3.63) is 65.0 Å². The molecule has 0 N–H and O–H groups in total. The molecule has 0 heterocycles. The van der Waals surface area contributed by atoms with E-state index in [0.717, 1.165) is 5.69 Å². The summed E-state index contributed by atoms with van der Waals surface area (Å²) >= 11 is 0. The first kappa shape index (κ1) is 10.9. The molecule has 5 heteroatoms. The third kappa shape index (κ3) is 3.15. The van der Waals surface area contributed by atoms with Crippen LogP contribution in [0.4, 0.5) is 17.1 Å². The van der Waals surface area contributed by atoms with E-state index in [1.807, 2.05) is 30.3 Å². The molecule has 0 unspecified atom stereocenters. The third-order valence-corrected chi connectivity index (χ3v) is 2.05. The van der Waals surface area contributed by atoms with E-state index in [1.54, 1.807) is 24.3 Å². The van der Waals surface area contributed by atoms with Crippen molar-refractivity contribution in [1.82, 2.24) is 0 Å². The van der Waals surface area contributed by atoms with Gasteiger partial charge in [-0.3, -0.25) is 0 Å². The summed E-state index contributed by atoms with van der Waals surface area (Å²) in [5.41, 5.74) is 10.3. The highest BCUT2D eigenvalue weighted by Gasteiger charge is 1.91. The molecule has 82 valence electrons. The number of hydrogen-bond donors (Lipinski definition) is 0. The average molecular weight is 223 g/mol. The van der Waals surface area contributed by atoms with Crippen molar-refractivity contribution in [1.29, 1.82) is 0 Å². The molecule has 0 radical (unpaired) electrons. The fourth-order valence-electron chi connectivity index (χ4n) is 1.25. The molecular formula is C12H9N5. The Bertz CT molecular complexity index is 553. The summed E-state index contributed by atoms with van der Waals surface area (Å²) in [6, 6.07) is 16.4. The van der Waals surface area contributed by atoms with Gasteiger partial charge in [-0.1, -0.05) is 35.4 Å². The van der Waals surface area contributed by atoms with Gasteiger partial charge >= 0.3 is 0 Å².